The Kier molecular flexibility index (Phi) is 13.5. The van der Waals surface area contributed by atoms with Gasteiger partial charge in [-0.15, -0.1) is 0 Å². The van der Waals surface area contributed by atoms with E-state index in [1.807, 2.05) is 32.9 Å². The van der Waals surface area contributed by atoms with Gasteiger partial charge >= 0.3 is 0 Å². The van der Waals surface area contributed by atoms with E-state index in [0.717, 1.165) is 24.1 Å². The molecule has 4 aromatic heterocycles. The molecule has 5 heterocycles. The van der Waals surface area contributed by atoms with Crippen LogP contribution in [0.15, 0.2) is 42.5 Å². The number of ether oxygens (including phenoxy) is 2. The number of carbonyl (C=O) groups is 4. The number of aliphatic hydroxyl groups excluding tert-OH is 2. The van der Waals surface area contributed by atoms with Crippen molar-refractivity contribution in [3.8, 4) is 11.5 Å². The van der Waals surface area contributed by atoms with Crippen molar-refractivity contribution in [2.24, 2.45) is 11.5 Å². The molecule has 1 aliphatic heterocycles. The largest absolute Gasteiger partial charge is 0.491 e. The summed E-state index contributed by atoms with van der Waals surface area (Å²) < 4.78 is 19.0. The van der Waals surface area contributed by atoms with Crippen LogP contribution in [0.25, 0.3) is 22.1 Å². The summed E-state index contributed by atoms with van der Waals surface area (Å²) >= 11 is 0. The van der Waals surface area contributed by atoms with E-state index in [2.05, 4.69) is 15.7 Å². The maximum absolute atomic E-state index is 14.4. The highest BCUT2D eigenvalue weighted by Crippen LogP contribution is 2.34. The third-order valence-corrected chi connectivity index (χ3v) is 10.7. The van der Waals surface area contributed by atoms with E-state index in [4.69, 9.17) is 36.0 Å². The van der Waals surface area contributed by atoms with Crippen LogP contribution in [0.2, 0.25) is 0 Å². The van der Waals surface area contributed by atoms with Gasteiger partial charge in [-0.3, -0.25) is 39.2 Å². The van der Waals surface area contributed by atoms with Gasteiger partial charge in [-0.25, -0.2) is 9.97 Å². The van der Waals surface area contributed by atoms with Crippen molar-refractivity contribution in [1.29, 1.82) is 0 Å². The van der Waals surface area contributed by atoms with Crippen molar-refractivity contribution in [1.82, 2.24) is 38.7 Å². The maximum atomic E-state index is 14.4. The van der Waals surface area contributed by atoms with Crippen LogP contribution in [0.3, 0.4) is 0 Å². The summed E-state index contributed by atoms with van der Waals surface area (Å²) in [7, 11) is 0. The SMILES string of the molecule is CCn1nc(C)c2c1C(=O)Nc1nc3cc(C(N)=O)cc(OCCCO)c3n1C/C=C/Cn1c(nc3cc(C(N)=O)cc(OCCCO)c31)NC(=O)c1cc(C)nn1CCCCC2. The van der Waals surface area contributed by atoms with Crippen LogP contribution in [0.4, 0.5) is 11.9 Å². The van der Waals surface area contributed by atoms with Crippen molar-refractivity contribution in [2.75, 3.05) is 37.1 Å². The second-order valence-corrected chi connectivity index (χ2v) is 15.2. The number of benzene rings is 2. The van der Waals surface area contributed by atoms with Gasteiger partial charge < -0.3 is 40.3 Å². The van der Waals surface area contributed by atoms with Crippen LogP contribution in [0, 0.1) is 13.8 Å². The second kappa shape index (κ2) is 19.3. The predicted octanol–water partition coefficient (Wildman–Crippen LogP) is 3.62. The Hall–Kier alpha value is -7.06. The van der Waals surface area contributed by atoms with Gasteiger partial charge in [0.2, 0.25) is 23.7 Å². The number of hydrogen-bond acceptors (Lipinski definition) is 12. The number of carbonyl (C=O) groups excluding carboxylic acids is 4. The Balaban J connectivity index is 1.38. The third kappa shape index (κ3) is 9.41. The number of imidazole rings is 2. The average Bonchev–Trinajstić information content (AvgIpc) is 3.99. The summed E-state index contributed by atoms with van der Waals surface area (Å²) in [6.07, 6.45) is 7.03. The van der Waals surface area contributed by atoms with E-state index < -0.39 is 23.6 Å². The van der Waals surface area contributed by atoms with Gasteiger partial charge in [0.15, 0.2) is 0 Å². The first-order chi connectivity index (χ1) is 30.4. The smallest absolute Gasteiger partial charge is 0.276 e. The molecule has 2 aromatic carbocycles. The number of nitrogens with two attached hydrogens (primary N) is 2. The number of allylic oxidation sites excluding steroid dienone is 2. The molecule has 6 aromatic rings. The maximum Gasteiger partial charge on any atom is 0.276 e. The van der Waals surface area contributed by atoms with E-state index in [1.165, 1.54) is 24.3 Å². The zero-order valence-corrected chi connectivity index (χ0v) is 35.5. The zero-order valence-electron chi connectivity index (χ0n) is 35.5. The van der Waals surface area contributed by atoms with Gasteiger partial charge in [-0.05, 0) is 70.4 Å². The fourth-order valence-electron chi connectivity index (χ4n) is 7.73. The lowest BCUT2D eigenvalue weighted by Gasteiger charge is -2.14. The number of fused-ring (bicyclic) bond motifs is 8. The van der Waals surface area contributed by atoms with Gasteiger partial charge in [0.25, 0.3) is 11.8 Å². The van der Waals surface area contributed by atoms with E-state index in [9.17, 15) is 29.4 Å². The van der Waals surface area contributed by atoms with Gasteiger partial charge in [0, 0.05) is 68.9 Å². The van der Waals surface area contributed by atoms with E-state index >= 15 is 0 Å². The number of hydrogen-bond donors (Lipinski definition) is 6. The highest BCUT2D eigenvalue weighted by Gasteiger charge is 2.26. The Morgan fingerprint density at radius 2 is 1.32 bits per heavy atom. The summed E-state index contributed by atoms with van der Waals surface area (Å²) in [5.41, 5.74) is 16.2. The first-order valence-electron chi connectivity index (χ1n) is 21.0. The molecule has 63 heavy (non-hydrogen) atoms. The van der Waals surface area contributed by atoms with Gasteiger partial charge in [-0.1, -0.05) is 18.6 Å². The van der Waals surface area contributed by atoms with Crippen molar-refractivity contribution in [3.63, 3.8) is 0 Å². The molecule has 0 unspecified atom stereocenters. The first kappa shape index (κ1) is 44.0. The van der Waals surface area contributed by atoms with Crippen molar-refractivity contribution in [3.05, 3.63) is 81.9 Å². The first-order valence-corrected chi connectivity index (χ1v) is 21.0. The molecule has 332 valence electrons. The summed E-state index contributed by atoms with van der Waals surface area (Å²) in [5.74, 6) is -1.42. The fraction of sp³-hybridized carbons (Fsp3) is 0.395. The minimum Gasteiger partial charge on any atom is -0.491 e. The Labute approximate surface area is 361 Å². The zero-order chi connectivity index (χ0) is 44.8. The van der Waals surface area contributed by atoms with Crippen molar-refractivity contribution < 1.29 is 38.9 Å². The number of aliphatic hydroxyl groups is 2. The van der Waals surface area contributed by atoms with Crippen molar-refractivity contribution in [2.45, 2.75) is 85.5 Å². The quantitative estimate of drug-likeness (QED) is 0.0805. The lowest BCUT2D eigenvalue weighted by molar-refractivity contribution is 0.0991. The minimum atomic E-state index is -0.702. The van der Waals surface area contributed by atoms with Gasteiger partial charge in [0.05, 0.1) is 35.6 Å². The predicted molar refractivity (Wildman–Crippen MR) is 233 cm³/mol. The number of anilines is 2. The van der Waals surface area contributed by atoms with Gasteiger partial charge in [-0.2, -0.15) is 10.2 Å². The molecule has 0 saturated carbocycles. The van der Waals surface area contributed by atoms with Gasteiger partial charge in [0.1, 0.15) is 33.9 Å². The van der Waals surface area contributed by atoms with E-state index in [-0.39, 0.29) is 74.0 Å². The molecule has 0 atom stereocenters. The molecular weight excluding hydrogens is 813 g/mol. The fourth-order valence-corrected chi connectivity index (χ4v) is 7.73. The summed E-state index contributed by atoms with van der Waals surface area (Å²) in [6.45, 7) is 6.75. The molecule has 0 bridgehead atoms. The molecule has 0 fully saturated rings. The molecule has 8 N–H and O–H groups in total. The van der Waals surface area contributed by atoms with E-state index in [0.29, 0.717) is 77.9 Å². The molecule has 7 rings (SSSR count). The number of aryl methyl sites for hydroxylation is 4. The molecule has 0 saturated heterocycles. The summed E-state index contributed by atoms with van der Waals surface area (Å²) in [6, 6.07) is 7.77. The highest BCUT2D eigenvalue weighted by molar-refractivity contribution is 6.06. The number of rotatable bonds is 11. The normalized spacial score (nSPS) is 14.5. The molecule has 20 heteroatoms. The molecule has 0 spiro atoms. The van der Waals surface area contributed by atoms with Crippen LogP contribution in [-0.2, 0) is 32.6 Å². The standard InChI is InChI=1S/C43H52N12O8/c1-4-54-35-29(26(3)51-54)12-6-5-7-15-55-32(20-25(2)50-55)40(60)48-42-46-30-21-27(38(44)58)23-33(62-18-10-16-56)36(30)52(42)13-8-9-14-53-37-31(47-43(53)49-41(35)61)22-28(39(45)59)24-34(37)63-19-11-17-57/h8-9,20-24,56-57H,4-7,10-19H2,1-3H3,(H2,44,58)(H2,45,59)(H,46,48,60)(H,47,49,61)/b9-8+. The Morgan fingerprint density at radius 1 is 0.762 bits per heavy atom. The number of primary amides is 2. The molecule has 0 radical (unpaired) electrons. The number of amides is 4. The number of nitrogens with one attached hydrogen (secondary N) is 2. The second-order valence-electron chi connectivity index (χ2n) is 15.2. The lowest BCUT2D eigenvalue weighted by Crippen LogP contribution is -2.21. The minimum absolute atomic E-state index is 0.120. The molecular formula is C43H52N12O8. The summed E-state index contributed by atoms with van der Waals surface area (Å²) in [5, 5.41) is 34.3. The lowest BCUT2D eigenvalue weighted by atomic mass is 10.0. The van der Waals surface area contributed by atoms with Crippen molar-refractivity contribution >= 4 is 57.6 Å². The average molecular weight is 865 g/mol. The van der Waals surface area contributed by atoms with Crippen LogP contribution in [0.1, 0.15) is 97.7 Å². The molecule has 4 amide bonds. The molecule has 0 aliphatic carbocycles. The Morgan fingerprint density at radius 3 is 1.84 bits per heavy atom. The van der Waals surface area contributed by atoms with Crippen LogP contribution < -0.4 is 31.6 Å². The van der Waals surface area contributed by atoms with Crippen LogP contribution >= 0.6 is 0 Å². The molecule has 20 nitrogen and oxygen atoms in total. The topological polar surface area (TPSA) is 275 Å². The number of nitrogens with zero attached hydrogens (tertiary/aromatic N) is 8. The molecule has 1 aliphatic rings. The van der Waals surface area contributed by atoms with Crippen LogP contribution in [0.5, 0.6) is 11.5 Å². The van der Waals surface area contributed by atoms with E-state index in [1.54, 1.807) is 24.6 Å². The Bertz CT molecular complexity index is 2720. The van der Waals surface area contributed by atoms with Crippen LogP contribution in [-0.4, -0.2) is 98.9 Å². The number of aromatic nitrogens is 8. The monoisotopic (exact) mass is 864 g/mol. The third-order valence-electron chi connectivity index (χ3n) is 10.7. The summed E-state index contributed by atoms with van der Waals surface area (Å²) in [4.78, 5) is 63.0. The highest BCUT2D eigenvalue weighted by atomic mass is 16.5.